The van der Waals surface area contributed by atoms with Crippen LogP contribution in [0.2, 0.25) is 5.02 Å². The summed E-state index contributed by atoms with van der Waals surface area (Å²) < 4.78 is 2.34. The first kappa shape index (κ1) is 15.2. The van der Waals surface area contributed by atoms with Crippen molar-refractivity contribution >= 4 is 33.4 Å². The molecular formula is C24H16ClN. The van der Waals surface area contributed by atoms with Crippen LogP contribution in [0, 0.1) is 0 Å². The molecule has 1 heterocycles. The molecule has 5 aromatic rings. The van der Waals surface area contributed by atoms with Gasteiger partial charge in [0.25, 0.3) is 0 Å². The lowest BCUT2D eigenvalue weighted by Gasteiger charge is -2.11. The van der Waals surface area contributed by atoms with Crippen LogP contribution in [0.1, 0.15) is 0 Å². The van der Waals surface area contributed by atoms with Gasteiger partial charge in [-0.25, -0.2) is 0 Å². The fraction of sp³-hybridized carbons (Fsp3) is 0. The maximum Gasteiger partial charge on any atom is 0.0619 e. The van der Waals surface area contributed by atoms with E-state index in [4.69, 9.17) is 11.6 Å². The number of para-hydroxylation sites is 2. The summed E-state index contributed by atoms with van der Waals surface area (Å²) in [5.41, 5.74) is 5.96. The number of hydrogen-bond donors (Lipinski definition) is 0. The van der Waals surface area contributed by atoms with Crippen LogP contribution in [-0.4, -0.2) is 4.57 Å². The van der Waals surface area contributed by atoms with Gasteiger partial charge in [-0.15, -0.1) is 0 Å². The number of aromatic nitrogens is 1. The molecule has 26 heavy (non-hydrogen) atoms. The van der Waals surface area contributed by atoms with Crippen LogP contribution in [0.5, 0.6) is 0 Å². The lowest BCUT2D eigenvalue weighted by molar-refractivity contribution is 1.18. The third-order valence-electron chi connectivity index (χ3n) is 4.85. The number of hydrogen-bond acceptors (Lipinski definition) is 0. The van der Waals surface area contributed by atoms with E-state index in [9.17, 15) is 0 Å². The van der Waals surface area contributed by atoms with E-state index in [2.05, 4.69) is 89.5 Å². The van der Waals surface area contributed by atoms with Gasteiger partial charge >= 0.3 is 0 Å². The van der Waals surface area contributed by atoms with Gasteiger partial charge in [0.2, 0.25) is 0 Å². The van der Waals surface area contributed by atoms with Crippen molar-refractivity contribution in [2.75, 3.05) is 0 Å². The Kier molecular flexibility index (Phi) is 3.55. The molecule has 0 saturated carbocycles. The molecule has 0 unspecified atom stereocenters. The van der Waals surface area contributed by atoms with Gasteiger partial charge in [0.1, 0.15) is 0 Å². The molecule has 5 rings (SSSR count). The van der Waals surface area contributed by atoms with Gasteiger partial charge in [0, 0.05) is 27.0 Å². The van der Waals surface area contributed by atoms with Crippen molar-refractivity contribution < 1.29 is 0 Å². The average Bonchev–Trinajstić information content (AvgIpc) is 3.03. The maximum atomic E-state index is 6.32. The molecule has 0 aliphatic rings. The number of fused-ring (bicyclic) bond motifs is 3. The van der Waals surface area contributed by atoms with Crippen molar-refractivity contribution in [1.82, 2.24) is 4.57 Å². The molecule has 0 fully saturated rings. The molecular weight excluding hydrogens is 338 g/mol. The largest absolute Gasteiger partial charge is 0.309 e. The van der Waals surface area contributed by atoms with Crippen molar-refractivity contribution in [3.63, 3.8) is 0 Å². The second-order valence-electron chi connectivity index (χ2n) is 6.40. The van der Waals surface area contributed by atoms with Crippen LogP contribution in [0.15, 0.2) is 97.1 Å². The molecule has 1 aromatic heterocycles. The summed E-state index contributed by atoms with van der Waals surface area (Å²) in [7, 11) is 0. The summed E-state index contributed by atoms with van der Waals surface area (Å²) in [6.45, 7) is 0. The van der Waals surface area contributed by atoms with Gasteiger partial charge in [0.05, 0.1) is 11.0 Å². The molecule has 0 radical (unpaired) electrons. The summed E-state index contributed by atoms with van der Waals surface area (Å²) >= 11 is 6.32. The number of halogens is 1. The summed E-state index contributed by atoms with van der Waals surface area (Å²) in [6, 6.07) is 33.7. The van der Waals surface area contributed by atoms with Crippen molar-refractivity contribution in [1.29, 1.82) is 0 Å². The molecule has 0 amide bonds. The van der Waals surface area contributed by atoms with Crippen molar-refractivity contribution in [3.8, 4) is 16.8 Å². The second-order valence-corrected chi connectivity index (χ2v) is 6.84. The van der Waals surface area contributed by atoms with E-state index in [0.29, 0.717) is 0 Å². The normalized spacial score (nSPS) is 11.3. The first-order valence-corrected chi connectivity index (χ1v) is 9.04. The molecule has 0 spiro atoms. The number of benzene rings is 4. The number of nitrogens with zero attached hydrogens (tertiary/aromatic N) is 1. The van der Waals surface area contributed by atoms with E-state index in [1.165, 1.54) is 32.9 Å². The standard InChI is InChI=1S/C24H16ClN/c25-18-14-15-23-22(16-18)21-13-7-12-20(17-8-3-1-4-9-17)24(21)26(23)19-10-5-2-6-11-19/h1-16H. The Morgan fingerprint density at radius 1 is 0.615 bits per heavy atom. The fourth-order valence-corrected chi connectivity index (χ4v) is 3.91. The van der Waals surface area contributed by atoms with Gasteiger partial charge < -0.3 is 4.57 Å². The highest BCUT2D eigenvalue weighted by atomic mass is 35.5. The molecule has 0 N–H and O–H groups in total. The average molecular weight is 354 g/mol. The van der Waals surface area contributed by atoms with Gasteiger partial charge in [0.15, 0.2) is 0 Å². The van der Waals surface area contributed by atoms with Crippen LogP contribution in [-0.2, 0) is 0 Å². The monoisotopic (exact) mass is 353 g/mol. The molecule has 1 nitrogen and oxygen atoms in total. The highest BCUT2D eigenvalue weighted by Gasteiger charge is 2.16. The summed E-state index contributed by atoms with van der Waals surface area (Å²) in [5, 5.41) is 3.15. The van der Waals surface area contributed by atoms with Crippen LogP contribution in [0.25, 0.3) is 38.6 Å². The highest BCUT2D eigenvalue weighted by molar-refractivity contribution is 6.32. The summed E-state index contributed by atoms with van der Waals surface area (Å²) in [5.74, 6) is 0. The van der Waals surface area contributed by atoms with Crippen LogP contribution in [0.4, 0.5) is 0 Å². The Labute approximate surface area is 157 Å². The summed E-state index contributed by atoms with van der Waals surface area (Å²) in [6.07, 6.45) is 0. The van der Waals surface area contributed by atoms with E-state index in [-0.39, 0.29) is 0 Å². The predicted molar refractivity (Wildman–Crippen MR) is 111 cm³/mol. The molecule has 2 heteroatoms. The third-order valence-corrected chi connectivity index (χ3v) is 5.08. The summed E-state index contributed by atoms with van der Waals surface area (Å²) in [4.78, 5) is 0. The quantitative estimate of drug-likeness (QED) is 0.319. The lowest BCUT2D eigenvalue weighted by Crippen LogP contribution is -1.95. The Hall–Kier alpha value is -3.03. The van der Waals surface area contributed by atoms with Crippen molar-refractivity contribution in [2.45, 2.75) is 0 Å². The van der Waals surface area contributed by atoms with Gasteiger partial charge in [-0.2, -0.15) is 0 Å². The third kappa shape index (κ3) is 2.33. The maximum absolute atomic E-state index is 6.32. The molecule has 0 saturated heterocycles. The molecule has 0 aliphatic carbocycles. The lowest BCUT2D eigenvalue weighted by atomic mass is 10.0. The molecule has 0 bridgehead atoms. The van der Waals surface area contributed by atoms with Crippen molar-refractivity contribution in [2.24, 2.45) is 0 Å². The Morgan fingerprint density at radius 2 is 1.35 bits per heavy atom. The zero-order chi connectivity index (χ0) is 17.5. The van der Waals surface area contributed by atoms with E-state index in [1.807, 2.05) is 12.1 Å². The van der Waals surface area contributed by atoms with E-state index in [0.717, 1.165) is 10.7 Å². The molecule has 4 aromatic carbocycles. The molecule has 124 valence electrons. The molecule has 0 aliphatic heterocycles. The van der Waals surface area contributed by atoms with Crippen LogP contribution >= 0.6 is 11.6 Å². The number of rotatable bonds is 2. The van der Waals surface area contributed by atoms with Gasteiger partial charge in [-0.1, -0.05) is 78.3 Å². The Balaban J connectivity index is 1.99. The smallest absolute Gasteiger partial charge is 0.0619 e. The van der Waals surface area contributed by atoms with Crippen molar-refractivity contribution in [3.05, 3.63) is 102 Å². The minimum absolute atomic E-state index is 0.759. The first-order chi connectivity index (χ1) is 12.8. The van der Waals surface area contributed by atoms with E-state index >= 15 is 0 Å². The van der Waals surface area contributed by atoms with Crippen LogP contribution in [0.3, 0.4) is 0 Å². The molecule has 0 atom stereocenters. The topological polar surface area (TPSA) is 4.93 Å². The van der Waals surface area contributed by atoms with E-state index < -0.39 is 0 Å². The van der Waals surface area contributed by atoms with Gasteiger partial charge in [-0.05, 0) is 35.9 Å². The second kappa shape index (κ2) is 6.05. The zero-order valence-corrected chi connectivity index (χ0v) is 14.8. The fourth-order valence-electron chi connectivity index (χ4n) is 3.74. The SMILES string of the molecule is Clc1ccc2c(c1)c1cccc(-c3ccccc3)c1n2-c1ccccc1. The minimum atomic E-state index is 0.759. The predicted octanol–water partition coefficient (Wildman–Crippen LogP) is 7.10. The zero-order valence-electron chi connectivity index (χ0n) is 14.1. The highest BCUT2D eigenvalue weighted by Crippen LogP contribution is 2.38. The first-order valence-electron chi connectivity index (χ1n) is 8.66. The Bertz CT molecular complexity index is 1220. The van der Waals surface area contributed by atoms with Crippen LogP contribution < -0.4 is 0 Å². The Morgan fingerprint density at radius 3 is 2.12 bits per heavy atom. The minimum Gasteiger partial charge on any atom is -0.309 e. The van der Waals surface area contributed by atoms with Gasteiger partial charge in [-0.3, -0.25) is 0 Å². The van der Waals surface area contributed by atoms with E-state index in [1.54, 1.807) is 0 Å².